The van der Waals surface area contributed by atoms with Crippen molar-refractivity contribution in [1.82, 2.24) is 0 Å². The van der Waals surface area contributed by atoms with Crippen LogP contribution in [0.3, 0.4) is 0 Å². The minimum atomic E-state index is 0.300. The smallest absolute Gasteiger partial charge is 0.0580 e. The van der Waals surface area contributed by atoms with Gasteiger partial charge >= 0.3 is 0 Å². The Hall–Kier alpha value is -0.0800. The number of hydrogen-bond donors (Lipinski definition) is 1. The Morgan fingerprint density at radius 1 is 1.50 bits per heavy atom. The van der Waals surface area contributed by atoms with E-state index in [4.69, 9.17) is 9.84 Å². The summed E-state index contributed by atoms with van der Waals surface area (Å²) in [6, 6.07) is 0. The molecule has 1 saturated heterocycles. The van der Waals surface area contributed by atoms with Crippen LogP contribution in [-0.4, -0.2) is 23.9 Å². The minimum absolute atomic E-state index is 0.300. The van der Waals surface area contributed by atoms with Gasteiger partial charge in [0.2, 0.25) is 0 Å². The molecule has 0 radical (unpaired) electrons. The molecule has 0 amide bonds. The van der Waals surface area contributed by atoms with Crippen LogP contribution in [0.1, 0.15) is 32.6 Å². The van der Waals surface area contributed by atoms with Gasteiger partial charge in [-0.25, -0.2) is 0 Å². The Balaban J connectivity index is 2.06. The van der Waals surface area contributed by atoms with Crippen LogP contribution in [0.25, 0.3) is 0 Å². The summed E-state index contributed by atoms with van der Waals surface area (Å²) < 4.78 is 5.55. The van der Waals surface area contributed by atoms with Crippen molar-refractivity contribution in [1.29, 1.82) is 0 Å². The number of aliphatic hydroxyl groups excluding tert-OH is 1. The first-order chi connectivity index (χ1) is 4.83. The van der Waals surface area contributed by atoms with E-state index in [9.17, 15) is 0 Å². The van der Waals surface area contributed by atoms with Gasteiger partial charge in [-0.15, -0.1) is 0 Å². The lowest BCUT2D eigenvalue weighted by molar-refractivity contribution is 0.0468. The average molecular weight is 144 g/mol. The molecule has 0 bridgehead atoms. The third-order valence-corrected chi connectivity index (χ3v) is 2.00. The molecule has 0 aliphatic carbocycles. The minimum Gasteiger partial charge on any atom is -0.396 e. The van der Waals surface area contributed by atoms with Gasteiger partial charge in [0.25, 0.3) is 0 Å². The average Bonchev–Trinajstić information content (AvgIpc) is 2.31. The van der Waals surface area contributed by atoms with Crippen molar-refractivity contribution in [2.75, 3.05) is 6.61 Å². The summed E-state index contributed by atoms with van der Waals surface area (Å²) >= 11 is 0. The molecule has 10 heavy (non-hydrogen) atoms. The third kappa shape index (κ3) is 2.27. The Morgan fingerprint density at radius 2 is 2.30 bits per heavy atom. The summed E-state index contributed by atoms with van der Waals surface area (Å²) in [5.41, 5.74) is 0. The zero-order valence-corrected chi connectivity index (χ0v) is 6.55. The standard InChI is InChI=1S/C8H16O2/c1-7-4-5-8(10-7)3-2-6-9/h7-9H,2-6H2,1H3. The summed E-state index contributed by atoms with van der Waals surface area (Å²) in [6.45, 7) is 2.41. The molecule has 0 spiro atoms. The topological polar surface area (TPSA) is 29.5 Å². The number of aliphatic hydroxyl groups is 1. The fourth-order valence-corrected chi connectivity index (χ4v) is 1.42. The Labute approximate surface area is 62.2 Å². The molecule has 1 aliphatic rings. The maximum absolute atomic E-state index is 8.54. The summed E-state index contributed by atoms with van der Waals surface area (Å²) in [7, 11) is 0. The molecule has 1 rings (SSSR count). The highest BCUT2D eigenvalue weighted by molar-refractivity contribution is 4.69. The Bertz CT molecular complexity index is 93.3. The van der Waals surface area contributed by atoms with Gasteiger partial charge in [0.1, 0.15) is 0 Å². The van der Waals surface area contributed by atoms with Gasteiger partial charge in [-0.3, -0.25) is 0 Å². The van der Waals surface area contributed by atoms with Crippen molar-refractivity contribution in [3.8, 4) is 0 Å². The largest absolute Gasteiger partial charge is 0.396 e. The monoisotopic (exact) mass is 144 g/mol. The predicted molar refractivity (Wildman–Crippen MR) is 39.9 cm³/mol. The van der Waals surface area contributed by atoms with Gasteiger partial charge in [0.05, 0.1) is 12.2 Å². The quantitative estimate of drug-likeness (QED) is 0.647. The molecular weight excluding hydrogens is 128 g/mol. The summed E-state index contributed by atoms with van der Waals surface area (Å²) in [6.07, 6.45) is 5.17. The van der Waals surface area contributed by atoms with Crippen LogP contribution < -0.4 is 0 Å². The molecule has 2 atom stereocenters. The van der Waals surface area contributed by atoms with Gasteiger partial charge in [-0.2, -0.15) is 0 Å². The molecule has 2 heteroatoms. The zero-order chi connectivity index (χ0) is 7.40. The normalized spacial score (nSPS) is 33.0. The van der Waals surface area contributed by atoms with Crippen LogP contribution in [0.4, 0.5) is 0 Å². The van der Waals surface area contributed by atoms with E-state index in [1.54, 1.807) is 0 Å². The van der Waals surface area contributed by atoms with E-state index in [1.807, 2.05) is 0 Å². The van der Waals surface area contributed by atoms with E-state index >= 15 is 0 Å². The highest BCUT2D eigenvalue weighted by atomic mass is 16.5. The fraction of sp³-hybridized carbons (Fsp3) is 1.00. The van der Waals surface area contributed by atoms with Crippen LogP contribution in [0, 0.1) is 0 Å². The SMILES string of the molecule is CC1CCC(CCCO)O1. The second-order valence-corrected chi connectivity index (χ2v) is 3.01. The van der Waals surface area contributed by atoms with E-state index in [0.29, 0.717) is 18.8 Å². The molecule has 1 aliphatic heterocycles. The second-order valence-electron chi connectivity index (χ2n) is 3.01. The molecule has 2 unspecified atom stereocenters. The van der Waals surface area contributed by atoms with Crippen molar-refractivity contribution in [3.63, 3.8) is 0 Å². The molecule has 0 aromatic carbocycles. The maximum atomic E-state index is 8.54. The first-order valence-electron chi connectivity index (χ1n) is 4.09. The molecule has 2 nitrogen and oxygen atoms in total. The molecule has 1 fully saturated rings. The van der Waals surface area contributed by atoms with Crippen LogP contribution in [-0.2, 0) is 4.74 Å². The Morgan fingerprint density at radius 3 is 2.80 bits per heavy atom. The van der Waals surface area contributed by atoms with Gasteiger partial charge in [-0.05, 0) is 32.6 Å². The first kappa shape index (κ1) is 8.02. The van der Waals surface area contributed by atoms with Crippen LogP contribution in [0.15, 0.2) is 0 Å². The molecular formula is C8H16O2. The highest BCUT2D eigenvalue weighted by Gasteiger charge is 2.20. The first-order valence-corrected chi connectivity index (χ1v) is 4.09. The molecule has 0 aromatic rings. The van der Waals surface area contributed by atoms with Crippen LogP contribution in [0.5, 0.6) is 0 Å². The lowest BCUT2D eigenvalue weighted by Crippen LogP contribution is -2.08. The fourth-order valence-electron chi connectivity index (χ4n) is 1.42. The van der Waals surface area contributed by atoms with Gasteiger partial charge < -0.3 is 9.84 Å². The van der Waals surface area contributed by atoms with Crippen molar-refractivity contribution in [2.45, 2.75) is 44.8 Å². The van der Waals surface area contributed by atoms with Crippen molar-refractivity contribution < 1.29 is 9.84 Å². The zero-order valence-electron chi connectivity index (χ0n) is 6.55. The third-order valence-electron chi connectivity index (χ3n) is 2.00. The number of rotatable bonds is 3. The molecule has 1 heterocycles. The van der Waals surface area contributed by atoms with Crippen LogP contribution in [0.2, 0.25) is 0 Å². The summed E-state index contributed by atoms with van der Waals surface area (Å²) in [5, 5.41) is 8.54. The van der Waals surface area contributed by atoms with E-state index in [2.05, 4.69) is 6.92 Å². The van der Waals surface area contributed by atoms with Crippen molar-refractivity contribution in [2.24, 2.45) is 0 Å². The van der Waals surface area contributed by atoms with Gasteiger partial charge in [0, 0.05) is 6.61 Å². The van der Waals surface area contributed by atoms with E-state index < -0.39 is 0 Å². The second kappa shape index (κ2) is 3.94. The maximum Gasteiger partial charge on any atom is 0.0580 e. The van der Waals surface area contributed by atoms with Crippen molar-refractivity contribution in [3.05, 3.63) is 0 Å². The number of hydrogen-bond acceptors (Lipinski definition) is 2. The Kier molecular flexibility index (Phi) is 3.16. The summed E-state index contributed by atoms with van der Waals surface area (Å²) in [5.74, 6) is 0. The number of ether oxygens (including phenoxy) is 1. The summed E-state index contributed by atoms with van der Waals surface area (Å²) in [4.78, 5) is 0. The van der Waals surface area contributed by atoms with E-state index in [1.165, 1.54) is 12.8 Å². The molecule has 60 valence electrons. The van der Waals surface area contributed by atoms with Gasteiger partial charge in [0.15, 0.2) is 0 Å². The van der Waals surface area contributed by atoms with Gasteiger partial charge in [-0.1, -0.05) is 0 Å². The van der Waals surface area contributed by atoms with E-state index in [0.717, 1.165) is 12.8 Å². The predicted octanol–water partition coefficient (Wildman–Crippen LogP) is 1.33. The van der Waals surface area contributed by atoms with Crippen molar-refractivity contribution >= 4 is 0 Å². The molecule has 0 saturated carbocycles. The lowest BCUT2D eigenvalue weighted by atomic mass is 10.1. The lowest BCUT2D eigenvalue weighted by Gasteiger charge is -2.08. The van der Waals surface area contributed by atoms with E-state index in [-0.39, 0.29) is 0 Å². The molecule has 0 aromatic heterocycles. The van der Waals surface area contributed by atoms with Crippen LogP contribution >= 0.6 is 0 Å². The molecule has 1 N–H and O–H groups in total. The highest BCUT2D eigenvalue weighted by Crippen LogP contribution is 2.22.